The number of carbonyl (C=O) groups is 1. The van der Waals surface area contributed by atoms with E-state index in [4.69, 9.17) is 5.11 Å². The summed E-state index contributed by atoms with van der Waals surface area (Å²) in [7, 11) is 0. The molecule has 0 unspecified atom stereocenters. The minimum Gasteiger partial charge on any atom is -0.478 e. The lowest BCUT2D eigenvalue weighted by Gasteiger charge is -2.13. The van der Waals surface area contributed by atoms with Crippen LogP contribution in [0.25, 0.3) is 6.08 Å². The quantitative estimate of drug-likeness (QED) is 0.432. The summed E-state index contributed by atoms with van der Waals surface area (Å²) in [5, 5.41) is 8.29. The van der Waals surface area contributed by atoms with E-state index in [2.05, 4.69) is 51.3 Å². The monoisotopic (exact) mass is 412 g/mol. The molecule has 0 radical (unpaired) electrons. The lowest BCUT2D eigenvalue weighted by molar-refractivity contribution is -0.131. The molecule has 1 aromatic rings. The molecule has 28 heavy (non-hydrogen) atoms. The maximum Gasteiger partial charge on any atom is 0.328 e. The topological polar surface area (TPSA) is 43.8 Å². The van der Waals surface area contributed by atoms with Gasteiger partial charge in [-0.05, 0) is 44.8 Å². The average molecular weight is 413 g/mol. The van der Waals surface area contributed by atoms with Crippen LogP contribution in [0.1, 0.15) is 47.1 Å². The maximum absolute atomic E-state index is 10.1. The number of carboxylic acid groups (broad SMARTS) is 1. The van der Waals surface area contributed by atoms with E-state index in [0.29, 0.717) is 0 Å². The molecule has 0 aliphatic carbocycles. The summed E-state index contributed by atoms with van der Waals surface area (Å²) in [6, 6.07) is 9.70. The number of nitrogens with zero attached hydrogens (tertiary/aromatic N) is 2. The number of benzene rings is 1. The lowest BCUT2D eigenvalue weighted by Crippen LogP contribution is -2.21. The van der Waals surface area contributed by atoms with Crippen LogP contribution in [0.3, 0.4) is 0 Å². The van der Waals surface area contributed by atoms with Crippen molar-refractivity contribution >= 4 is 24.5 Å². The summed E-state index contributed by atoms with van der Waals surface area (Å²) < 4.78 is 0. The van der Waals surface area contributed by atoms with Crippen LogP contribution in [0, 0.1) is 0 Å². The molecule has 0 atom stereocenters. The Kier molecular flexibility index (Phi) is 26.0. The molecule has 0 amide bonds. The first-order valence-corrected chi connectivity index (χ1v) is 10.1. The molecule has 0 bridgehead atoms. The summed E-state index contributed by atoms with van der Waals surface area (Å²) in [6.45, 7) is 20.2. The van der Waals surface area contributed by atoms with Crippen LogP contribution in [-0.4, -0.2) is 60.1 Å². The van der Waals surface area contributed by atoms with Gasteiger partial charge in [0.15, 0.2) is 0 Å². The zero-order valence-electron chi connectivity index (χ0n) is 18.6. The van der Waals surface area contributed by atoms with Gasteiger partial charge < -0.3 is 14.9 Å². The van der Waals surface area contributed by atoms with Gasteiger partial charge in [0.1, 0.15) is 0 Å². The first kappa shape index (κ1) is 31.1. The number of hydrogen-bond acceptors (Lipinski definition) is 3. The van der Waals surface area contributed by atoms with Crippen molar-refractivity contribution in [2.24, 2.45) is 0 Å². The molecule has 0 aromatic heterocycles. The van der Waals surface area contributed by atoms with Crippen LogP contribution < -0.4 is 0 Å². The van der Waals surface area contributed by atoms with E-state index in [1.165, 1.54) is 45.3 Å². The Morgan fingerprint density at radius 3 is 1.46 bits per heavy atom. The molecular weight excluding hydrogens is 372 g/mol. The van der Waals surface area contributed by atoms with E-state index >= 15 is 0 Å². The number of aliphatic carboxylic acids is 1. The van der Waals surface area contributed by atoms with Crippen LogP contribution in [0.15, 0.2) is 48.6 Å². The minimum atomic E-state index is -0.933. The smallest absolute Gasteiger partial charge is 0.328 e. The van der Waals surface area contributed by atoms with Crippen LogP contribution in [0.4, 0.5) is 0 Å². The molecule has 162 valence electrons. The van der Waals surface area contributed by atoms with E-state index in [9.17, 15) is 4.79 Å². The van der Waals surface area contributed by atoms with Gasteiger partial charge in [-0.25, -0.2) is 4.79 Å². The highest BCUT2D eigenvalue weighted by atomic mass is 35.5. The standard InChI is InChI=1S/C11H10O2.2C6H15N.ClH/c12-11(13)9-5-4-8-10-6-2-1-3-7-10;2*1-4-7(5-2)6-3;/h1-9H,(H,12,13);2*4-6H2,1-3H3;1H. The van der Waals surface area contributed by atoms with Crippen molar-refractivity contribution in [3.8, 4) is 0 Å². The first-order valence-electron chi connectivity index (χ1n) is 10.1. The van der Waals surface area contributed by atoms with Crippen molar-refractivity contribution in [2.75, 3.05) is 39.3 Å². The molecule has 5 heteroatoms. The fraction of sp³-hybridized carbons (Fsp3) is 0.522. The van der Waals surface area contributed by atoms with Crippen LogP contribution in [0.2, 0.25) is 0 Å². The van der Waals surface area contributed by atoms with Gasteiger partial charge in [0.25, 0.3) is 0 Å². The Morgan fingerprint density at radius 1 is 0.786 bits per heavy atom. The van der Waals surface area contributed by atoms with Crippen LogP contribution in [-0.2, 0) is 4.79 Å². The van der Waals surface area contributed by atoms with Crippen molar-refractivity contribution in [1.82, 2.24) is 9.80 Å². The zero-order valence-corrected chi connectivity index (χ0v) is 19.4. The minimum absolute atomic E-state index is 0. The Labute approximate surface area is 179 Å². The van der Waals surface area contributed by atoms with Gasteiger partial charge in [0.05, 0.1) is 0 Å². The molecule has 1 aromatic carbocycles. The molecule has 0 saturated carbocycles. The van der Waals surface area contributed by atoms with Gasteiger partial charge in [-0.3, -0.25) is 0 Å². The Hall–Kier alpha value is -1.62. The average Bonchev–Trinajstić information content (AvgIpc) is 2.70. The van der Waals surface area contributed by atoms with Crippen LogP contribution >= 0.6 is 12.4 Å². The van der Waals surface area contributed by atoms with Crippen molar-refractivity contribution in [1.29, 1.82) is 0 Å². The molecule has 0 aliphatic rings. The van der Waals surface area contributed by atoms with E-state index in [-0.39, 0.29) is 12.4 Å². The third-order valence-corrected chi connectivity index (χ3v) is 4.12. The third kappa shape index (κ3) is 20.7. The first-order chi connectivity index (χ1) is 13.0. The predicted molar refractivity (Wildman–Crippen MR) is 126 cm³/mol. The van der Waals surface area contributed by atoms with Crippen molar-refractivity contribution in [2.45, 2.75) is 41.5 Å². The fourth-order valence-corrected chi connectivity index (χ4v) is 2.21. The molecule has 1 N–H and O–H groups in total. The number of carboxylic acids is 1. The second-order valence-electron chi connectivity index (χ2n) is 5.71. The van der Waals surface area contributed by atoms with Gasteiger partial charge in [-0.15, -0.1) is 12.4 Å². The number of allylic oxidation sites excluding steroid dienone is 2. The number of rotatable bonds is 9. The number of hydrogen-bond donors (Lipinski definition) is 1. The predicted octanol–water partition coefficient (Wildman–Crippen LogP) is 5.46. The molecule has 0 aliphatic heterocycles. The van der Waals surface area contributed by atoms with E-state index in [0.717, 1.165) is 11.6 Å². The van der Waals surface area contributed by atoms with E-state index in [1.807, 2.05) is 36.4 Å². The highest BCUT2D eigenvalue weighted by Gasteiger charge is 1.89. The molecule has 0 spiro atoms. The molecule has 0 saturated heterocycles. The van der Waals surface area contributed by atoms with Gasteiger partial charge in [-0.2, -0.15) is 0 Å². The summed E-state index contributed by atoms with van der Waals surface area (Å²) in [6.07, 6.45) is 6.14. The molecule has 4 nitrogen and oxygen atoms in total. The van der Waals surface area contributed by atoms with E-state index < -0.39 is 5.97 Å². The fourth-order valence-electron chi connectivity index (χ4n) is 2.21. The van der Waals surface area contributed by atoms with Gasteiger partial charge in [0, 0.05) is 6.08 Å². The van der Waals surface area contributed by atoms with Crippen molar-refractivity contribution in [3.05, 3.63) is 54.1 Å². The Bertz CT molecular complexity index is 474. The van der Waals surface area contributed by atoms with Crippen molar-refractivity contribution in [3.63, 3.8) is 0 Å². The highest BCUT2D eigenvalue weighted by Crippen LogP contribution is 2.00. The molecule has 0 fully saturated rings. The molecular formula is C23H41ClN2O2. The summed E-state index contributed by atoms with van der Waals surface area (Å²) in [5.74, 6) is -0.933. The summed E-state index contributed by atoms with van der Waals surface area (Å²) in [4.78, 5) is 14.8. The van der Waals surface area contributed by atoms with Crippen LogP contribution in [0.5, 0.6) is 0 Å². The normalized spacial score (nSPS) is 10.3. The maximum atomic E-state index is 10.1. The summed E-state index contributed by atoms with van der Waals surface area (Å²) in [5.41, 5.74) is 1.05. The SMILES string of the molecule is CCN(CC)CC.CCN(CC)CC.Cl.O=C(O)C=CC=Cc1ccccc1. The Balaban J connectivity index is -0.000000360. The zero-order chi connectivity index (χ0) is 20.9. The van der Waals surface area contributed by atoms with Gasteiger partial charge >= 0.3 is 5.97 Å². The molecule has 1 rings (SSSR count). The summed E-state index contributed by atoms with van der Waals surface area (Å²) >= 11 is 0. The van der Waals surface area contributed by atoms with Gasteiger partial charge in [-0.1, -0.05) is 90.1 Å². The lowest BCUT2D eigenvalue weighted by atomic mass is 10.2. The Morgan fingerprint density at radius 2 is 1.18 bits per heavy atom. The highest BCUT2D eigenvalue weighted by molar-refractivity contribution is 5.85. The third-order valence-electron chi connectivity index (χ3n) is 4.12. The van der Waals surface area contributed by atoms with Gasteiger partial charge in [0.2, 0.25) is 0 Å². The molecule has 0 heterocycles. The second-order valence-corrected chi connectivity index (χ2v) is 5.71. The second kappa shape index (κ2) is 23.4. The van der Waals surface area contributed by atoms with E-state index in [1.54, 1.807) is 6.08 Å². The number of halogens is 1. The largest absolute Gasteiger partial charge is 0.478 e. The van der Waals surface area contributed by atoms with Crippen molar-refractivity contribution < 1.29 is 9.90 Å².